The maximum Gasteiger partial charge on any atom is 0.420 e. The number of nitrogens with zero attached hydrogens (tertiary/aromatic N) is 1. The van der Waals surface area contributed by atoms with Crippen LogP contribution < -0.4 is 10.1 Å². The second kappa shape index (κ2) is 18.4. The van der Waals surface area contributed by atoms with E-state index < -0.39 is 30.2 Å². The molecular weight excluding hydrogens is 520 g/mol. The summed E-state index contributed by atoms with van der Waals surface area (Å²) in [5.41, 5.74) is 0.306. The van der Waals surface area contributed by atoms with E-state index in [0.717, 1.165) is 25.7 Å². The predicted octanol–water partition coefficient (Wildman–Crippen LogP) is 7.44. The molecule has 1 aliphatic rings. The number of halogens is 1. The van der Waals surface area contributed by atoms with Crippen LogP contribution in [0.2, 0.25) is 5.02 Å². The molecule has 0 aromatic heterocycles. The summed E-state index contributed by atoms with van der Waals surface area (Å²) in [6, 6.07) is 4.89. The van der Waals surface area contributed by atoms with Crippen LogP contribution in [-0.2, 0) is 19.1 Å². The molecule has 216 valence electrons. The lowest BCUT2D eigenvalue weighted by Gasteiger charge is -2.22. The zero-order chi connectivity index (χ0) is 28.5. The van der Waals surface area contributed by atoms with Gasteiger partial charge in [-0.2, -0.15) is 4.90 Å². The van der Waals surface area contributed by atoms with Crippen LogP contribution in [0.4, 0.5) is 10.5 Å². The zero-order valence-electron chi connectivity index (χ0n) is 23.6. The van der Waals surface area contributed by atoms with Crippen molar-refractivity contribution in [1.82, 2.24) is 4.90 Å². The topological polar surface area (TPSA) is 94.2 Å². The predicted molar refractivity (Wildman–Crippen MR) is 152 cm³/mol. The Hall–Kier alpha value is -2.92. The van der Waals surface area contributed by atoms with Gasteiger partial charge in [-0.3, -0.25) is 9.59 Å². The highest BCUT2D eigenvalue weighted by Gasteiger charge is 2.48. The summed E-state index contributed by atoms with van der Waals surface area (Å²) in [5, 5.41) is 3.07. The number of carbonyl (C=O) groups is 3. The van der Waals surface area contributed by atoms with E-state index in [1.54, 1.807) is 18.2 Å². The highest BCUT2D eigenvalue weighted by molar-refractivity contribution is 6.31. The van der Waals surface area contributed by atoms with Crippen molar-refractivity contribution in [2.75, 3.05) is 11.9 Å². The Morgan fingerprint density at radius 1 is 1.03 bits per heavy atom. The number of benzene rings is 1. The number of anilines is 1. The van der Waals surface area contributed by atoms with Gasteiger partial charge in [-0.15, -0.1) is 0 Å². The van der Waals surface area contributed by atoms with Gasteiger partial charge in [0.25, 0.3) is 18.0 Å². The van der Waals surface area contributed by atoms with Crippen LogP contribution in [0.5, 0.6) is 5.75 Å². The first-order valence-electron chi connectivity index (χ1n) is 14.3. The second-order valence-electron chi connectivity index (χ2n) is 9.71. The minimum atomic E-state index is -1.63. The first-order valence-corrected chi connectivity index (χ1v) is 14.6. The second-order valence-corrected chi connectivity index (χ2v) is 10.1. The smallest absolute Gasteiger partial charge is 0.420 e. The fourth-order valence-corrected chi connectivity index (χ4v) is 4.46. The first-order chi connectivity index (χ1) is 18.9. The molecule has 2 rings (SSSR count). The van der Waals surface area contributed by atoms with Crippen LogP contribution in [0.25, 0.3) is 0 Å². The van der Waals surface area contributed by atoms with E-state index in [0.29, 0.717) is 40.8 Å². The van der Waals surface area contributed by atoms with Crippen molar-refractivity contribution in [3.63, 3.8) is 0 Å². The van der Waals surface area contributed by atoms with E-state index in [1.165, 1.54) is 51.9 Å². The Bertz CT molecular complexity index is 989. The molecule has 1 fully saturated rings. The highest BCUT2D eigenvalue weighted by atomic mass is 35.5. The minimum absolute atomic E-state index is 0.306. The summed E-state index contributed by atoms with van der Waals surface area (Å²) >= 11 is 6.18. The largest absolute Gasteiger partial charge is 0.491 e. The Morgan fingerprint density at radius 3 is 2.31 bits per heavy atom. The van der Waals surface area contributed by atoms with Gasteiger partial charge in [0.1, 0.15) is 11.9 Å². The minimum Gasteiger partial charge on any atom is -0.491 e. The summed E-state index contributed by atoms with van der Waals surface area (Å²) in [6.07, 6.45) is 12.9. The summed E-state index contributed by atoms with van der Waals surface area (Å²) in [7, 11) is 0. The van der Waals surface area contributed by atoms with Gasteiger partial charge in [-0.1, -0.05) is 95.6 Å². The fraction of sp³-hybridized carbons (Fsp3) is 0.633. The van der Waals surface area contributed by atoms with E-state index in [-0.39, 0.29) is 0 Å². The summed E-state index contributed by atoms with van der Waals surface area (Å²) in [6.45, 7) is 6.20. The average Bonchev–Trinajstić information content (AvgIpc) is 3.20. The number of nitrogens with one attached hydrogen (secondary N) is 1. The van der Waals surface area contributed by atoms with Crippen LogP contribution >= 0.6 is 11.6 Å². The Labute approximate surface area is 238 Å². The molecule has 1 aromatic rings. The molecule has 1 N–H and O–H groups in total. The normalized spacial score (nSPS) is 15.4. The molecular formula is C30H43ClN2O6. The third-order valence-corrected chi connectivity index (χ3v) is 6.69. The van der Waals surface area contributed by atoms with Crippen molar-refractivity contribution >= 4 is 35.2 Å². The van der Waals surface area contributed by atoms with E-state index >= 15 is 0 Å². The standard InChI is InChI=1S/C30H43ClN2O6/c1-4-7-9-10-11-12-13-14-15-16-21-37-25-19-18-23(31)22-24(25)32-27(34)29(38-20-6-3)33-28(35)26(17-8-5-2)39-30(33)36/h18-19,22,26,29H,4-5,7-17,21H2,1-3H3,(H,32,34). The van der Waals surface area contributed by atoms with Gasteiger partial charge in [-0.05, 0) is 37.5 Å². The lowest BCUT2D eigenvalue weighted by Crippen LogP contribution is -2.48. The van der Waals surface area contributed by atoms with Crippen molar-refractivity contribution < 1.29 is 28.6 Å². The summed E-state index contributed by atoms with van der Waals surface area (Å²) in [5.74, 6) is 1.54. The van der Waals surface area contributed by atoms with Gasteiger partial charge in [0.2, 0.25) is 0 Å². The van der Waals surface area contributed by atoms with Crippen molar-refractivity contribution in [3.8, 4) is 17.8 Å². The number of imide groups is 1. The molecule has 2 atom stereocenters. The lowest BCUT2D eigenvalue weighted by atomic mass is 10.1. The molecule has 1 heterocycles. The Balaban J connectivity index is 1.94. The number of hydrogen-bond donors (Lipinski definition) is 1. The average molecular weight is 563 g/mol. The maximum atomic E-state index is 13.2. The molecule has 1 saturated heterocycles. The monoisotopic (exact) mass is 562 g/mol. The van der Waals surface area contributed by atoms with E-state index in [9.17, 15) is 14.4 Å². The zero-order valence-corrected chi connectivity index (χ0v) is 24.3. The number of rotatable bonds is 19. The SMILES string of the molecule is CC#COC(C(=O)Nc1cc(Cl)ccc1OCCCCCCCCCCCC)N1C(=O)OC(CCCC)C1=O. The van der Waals surface area contributed by atoms with Crippen LogP contribution in [-0.4, -0.2) is 41.7 Å². The molecule has 0 saturated carbocycles. The molecule has 0 radical (unpaired) electrons. The van der Waals surface area contributed by atoms with Crippen LogP contribution in [0.3, 0.4) is 0 Å². The number of unbranched alkanes of at least 4 members (excludes halogenated alkanes) is 10. The molecule has 8 nitrogen and oxygen atoms in total. The van der Waals surface area contributed by atoms with E-state index in [4.69, 9.17) is 25.8 Å². The molecule has 0 spiro atoms. The van der Waals surface area contributed by atoms with E-state index in [1.807, 2.05) is 6.92 Å². The van der Waals surface area contributed by atoms with Gasteiger partial charge in [-0.25, -0.2) is 4.79 Å². The van der Waals surface area contributed by atoms with Gasteiger partial charge in [0.15, 0.2) is 6.10 Å². The molecule has 2 unspecified atom stereocenters. The summed E-state index contributed by atoms with van der Waals surface area (Å²) in [4.78, 5) is 39.3. The third-order valence-electron chi connectivity index (χ3n) is 6.46. The molecule has 1 aliphatic heterocycles. The number of carbonyl (C=O) groups excluding carboxylic acids is 3. The van der Waals surface area contributed by atoms with Crippen molar-refractivity contribution in [2.24, 2.45) is 0 Å². The maximum absolute atomic E-state index is 13.2. The number of amides is 3. The Kier molecular flexibility index (Phi) is 15.2. The number of hydrogen-bond acceptors (Lipinski definition) is 6. The molecule has 0 bridgehead atoms. The first kappa shape index (κ1) is 32.3. The molecule has 1 aromatic carbocycles. The van der Waals surface area contributed by atoms with E-state index in [2.05, 4.69) is 24.3 Å². The molecule has 3 amide bonds. The van der Waals surface area contributed by atoms with Crippen LogP contribution in [0, 0.1) is 12.0 Å². The molecule has 9 heteroatoms. The van der Waals surface area contributed by atoms with Crippen LogP contribution in [0.1, 0.15) is 104 Å². The van der Waals surface area contributed by atoms with Gasteiger partial charge < -0.3 is 19.5 Å². The molecule has 0 aliphatic carbocycles. The van der Waals surface area contributed by atoms with Crippen molar-refractivity contribution in [3.05, 3.63) is 23.2 Å². The van der Waals surface area contributed by atoms with Crippen molar-refractivity contribution in [2.45, 2.75) is 117 Å². The Morgan fingerprint density at radius 2 is 1.67 bits per heavy atom. The lowest BCUT2D eigenvalue weighted by molar-refractivity contribution is -0.144. The highest BCUT2D eigenvalue weighted by Crippen LogP contribution is 2.29. The van der Waals surface area contributed by atoms with Crippen LogP contribution in [0.15, 0.2) is 18.2 Å². The van der Waals surface area contributed by atoms with Crippen molar-refractivity contribution in [1.29, 1.82) is 0 Å². The molecule has 39 heavy (non-hydrogen) atoms. The van der Waals surface area contributed by atoms with Gasteiger partial charge >= 0.3 is 6.09 Å². The van der Waals surface area contributed by atoms with Gasteiger partial charge in [0, 0.05) is 11.9 Å². The van der Waals surface area contributed by atoms with Gasteiger partial charge in [0.05, 0.1) is 12.3 Å². The summed E-state index contributed by atoms with van der Waals surface area (Å²) < 4.78 is 16.4. The number of cyclic esters (lactones) is 1. The fourth-order valence-electron chi connectivity index (χ4n) is 4.29. The quantitative estimate of drug-likeness (QED) is 0.139. The third kappa shape index (κ3) is 11.0. The number of ether oxygens (including phenoxy) is 3.